The summed E-state index contributed by atoms with van der Waals surface area (Å²) < 4.78 is 7.45. The van der Waals surface area contributed by atoms with Crippen LogP contribution in [0.1, 0.15) is 17.0 Å². The molecule has 0 spiro atoms. The van der Waals surface area contributed by atoms with Crippen LogP contribution in [-0.2, 0) is 13.6 Å². The van der Waals surface area contributed by atoms with Gasteiger partial charge in [0.1, 0.15) is 0 Å². The number of pyridine rings is 1. The van der Waals surface area contributed by atoms with Crippen LogP contribution >= 0.6 is 0 Å². The van der Waals surface area contributed by atoms with Crippen molar-refractivity contribution < 1.29 is 4.42 Å². The van der Waals surface area contributed by atoms with E-state index in [1.807, 2.05) is 37.7 Å². The van der Waals surface area contributed by atoms with Crippen molar-refractivity contribution in [2.45, 2.75) is 20.4 Å². The molecule has 0 fully saturated rings. The van der Waals surface area contributed by atoms with E-state index in [1.165, 1.54) is 0 Å². The van der Waals surface area contributed by atoms with E-state index in [4.69, 9.17) is 4.42 Å². The van der Waals surface area contributed by atoms with Gasteiger partial charge >= 0.3 is 6.01 Å². The Morgan fingerprint density at radius 1 is 1.19 bits per heavy atom. The van der Waals surface area contributed by atoms with Gasteiger partial charge in [0.2, 0.25) is 5.89 Å². The number of hydrogen-bond acceptors (Lipinski definition) is 6. The summed E-state index contributed by atoms with van der Waals surface area (Å²) in [6, 6.07) is 4.05. The Labute approximate surface area is 122 Å². The van der Waals surface area contributed by atoms with Gasteiger partial charge in [-0.2, -0.15) is 5.10 Å². The largest absolute Gasteiger partial charge is 0.403 e. The summed E-state index contributed by atoms with van der Waals surface area (Å²) >= 11 is 0. The lowest BCUT2D eigenvalue weighted by atomic mass is 10.2. The molecule has 0 aliphatic rings. The van der Waals surface area contributed by atoms with E-state index in [1.54, 1.807) is 12.4 Å². The minimum absolute atomic E-state index is 0.393. The summed E-state index contributed by atoms with van der Waals surface area (Å²) in [6.07, 6.45) is 3.38. The number of nitrogens with zero attached hydrogens (tertiary/aromatic N) is 5. The monoisotopic (exact) mass is 284 g/mol. The van der Waals surface area contributed by atoms with Crippen molar-refractivity contribution in [3.63, 3.8) is 0 Å². The highest BCUT2D eigenvalue weighted by Crippen LogP contribution is 2.20. The first-order valence-corrected chi connectivity index (χ1v) is 6.62. The quantitative estimate of drug-likeness (QED) is 0.790. The zero-order valence-corrected chi connectivity index (χ0v) is 12.2. The van der Waals surface area contributed by atoms with Crippen molar-refractivity contribution in [1.29, 1.82) is 0 Å². The Kier molecular flexibility index (Phi) is 3.39. The van der Waals surface area contributed by atoms with Gasteiger partial charge in [-0.3, -0.25) is 9.67 Å². The van der Waals surface area contributed by atoms with E-state index in [0.717, 1.165) is 22.5 Å². The van der Waals surface area contributed by atoms with Crippen LogP contribution < -0.4 is 5.32 Å². The first kappa shape index (κ1) is 13.3. The summed E-state index contributed by atoms with van der Waals surface area (Å²) in [4.78, 5) is 3.96. The third-order valence-electron chi connectivity index (χ3n) is 3.43. The molecule has 7 nitrogen and oxygen atoms in total. The number of anilines is 1. The van der Waals surface area contributed by atoms with E-state index in [2.05, 4.69) is 25.6 Å². The van der Waals surface area contributed by atoms with Crippen LogP contribution in [0.15, 0.2) is 28.9 Å². The van der Waals surface area contributed by atoms with Gasteiger partial charge in [-0.25, -0.2) is 0 Å². The average molecular weight is 284 g/mol. The average Bonchev–Trinajstić information content (AvgIpc) is 3.05. The number of rotatable bonds is 4. The van der Waals surface area contributed by atoms with Gasteiger partial charge < -0.3 is 9.73 Å². The van der Waals surface area contributed by atoms with Crippen molar-refractivity contribution in [1.82, 2.24) is 25.0 Å². The minimum atomic E-state index is 0.393. The predicted octanol–water partition coefficient (Wildman–Crippen LogP) is 2.09. The molecule has 0 radical (unpaired) electrons. The zero-order valence-electron chi connectivity index (χ0n) is 12.2. The zero-order chi connectivity index (χ0) is 14.8. The number of aromatic nitrogens is 5. The van der Waals surface area contributed by atoms with E-state index in [0.29, 0.717) is 18.5 Å². The molecular formula is C14H16N6O. The molecule has 7 heteroatoms. The van der Waals surface area contributed by atoms with Crippen molar-refractivity contribution >= 4 is 6.01 Å². The van der Waals surface area contributed by atoms with E-state index < -0.39 is 0 Å². The first-order valence-electron chi connectivity index (χ1n) is 6.62. The standard InChI is InChI=1S/C14H16N6O/c1-9-12(10(2)20(3)19-9)8-16-14-18-17-13(21-14)11-4-6-15-7-5-11/h4-7H,8H2,1-3H3,(H,16,18). The molecule has 108 valence electrons. The van der Waals surface area contributed by atoms with E-state index >= 15 is 0 Å². The highest BCUT2D eigenvalue weighted by atomic mass is 16.4. The summed E-state index contributed by atoms with van der Waals surface area (Å²) in [5.41, 5.74) is 4.10. The van der Waals surface area contributed by atoms with Crippen LogP contribution in [-0.4, -0.2) is 25.0 Å². The second-order valence-electron chi connectivity index (χ2n) is 4.77. The molecule has 0 bridgehead atoms. The molecule has 0 unspecified atom stereocenters. The second-order valence-corrected chi connectivity index (χ2v) is 4.77. The van der Waals surface area contributed by atoms with Crippen LogP contribution in [0.25, 0.3) is 11.5 Å². The normalized spacial score (nSPS) is 10.8. The number of nitrogens with one attached hydrogen (secondary N) is 1. The van der Waals surface area contributed by atoms with Crippen molar-refractivity contribution in [2.75, 3.05) is 5.32 Å². The molecule has 0 amide bonds. The van der Waals surface area contributed by atoms with Gasteiger partial charge in [0, 0.05) is 42.8 Å². The fraction of sp³-hybridized carbons (Fsp3) is 0.286. The Hall–Kier alpha value is -2.70. The van der Waals surface area contributed by atoms with Gasteiger partial charge in [-0.15, -0.1) is 5.10 Å². The molecule has 0 saturated heterocycles. The third-order valence-corrected chi connectivity index (χ3v) is 3.43. The first-order chi connectivity index (χ1) is 10.1. The molecule has 0 aliphatic heterocycles. The van der Waals surface area contributed by atoms with Gasteiger partial charge in [0.25, 0.3) is 0 Å². The Morgan fingerprint density at radius 3 is 2.62 bits per heavy atom. The summed E-state index contributed by atoms with van der Waals surface area (Å²) in [6.45, 7) is 4.62. The molecule has 0 atom stereocenters. The number of hydrogen-bond donors (Lipinski definition) is 1. The van der Waals surface area contributed by atoms with Crippen molar-refractivity contribution in [2.24, 2.45) is 7.05 Å². The molecule has 0 saturated carbocycles. The van der Waals surface area contributed by atoms with Crippen molar-refractivity contribution in [3.05, 3.63) is 41.5 Å². The number of aryl methyl sites for hydroxylation is 2. The van der Waals surface area contributed by atoms with Crippen molar-refractivity contribution in [3.8, 4) is 11.5 Å². The molecule has 21 heavy (non-hydrogen) atoms. The molecule has 3 aromatic heterocycles. The van der Waals surface area contributed by atoms with E-state index in [-0.39, 0.29) is 0 Å². The van der Waals surface area contributed by atoms with Crippen LogP contribution in [0.4, 0.5) is 6.01 Å². The molecule has 3 rings (SSSR count). The third kappa shape index (κ3) is 2.62. The SMILES string of the molecule is Cc1nn(C)c(C)c1CNc1nnc(-c2ccncc2)o1. The van der Waals surface area contributed by atoms with Gasteiger partial charge in [-0.05, 0) is 26.0 Å². The smallest absolute Gasteiger partial charge is 0.316 e. The molecule has 3 aromatic rings. The summed E-state index contributed by atoms with van der Waals surface area (Å²) in [5.74, 6) is 0.472. The van der Waals surface area contributed by atoms with Gasteiger partial charge in [0.15, 0.2) is 0 Å². The van der Waals surface area contributed by atoms with Crippen LogP contribution in [0, 0.1) is 13.8 Å². The molecular weight excluding hydrogens is 268 g/mol. The predicted molar refractivity (Wildman–Crippen MR) is 77.5 cm³/mol. The lowest BCUT2D eigenvalue weighted by Crippen LogP contribution is -2.02. The van der Waals surface area contributed by atoms with Gasteiger partial charge in [0.05, 0.1) is 5.69 Å². The lowest BCUT2D eigenvalue weighted by Gasteiger charge is -2.02. The minimum Gasteiger partial charge on any atom is -0.403 e. The van der Waals surface area contributed by atoms with E-state index in [9.17, 15) is 0 Å². The van der Waals surface area contributed by atoms with Crippen LogP contribution in [0.2, 0.25) is 0 Å². The highest BCUT2D eigenvalue weighted by molar-refractivity contribution is 5.51. The molecule has 1 N–H and O–H groups in total. The maximum Gasteiger partial charge on any atom is 0.316 e. The Morgan fingerprint density at radius 2 is 1.95 bits per heavy atom. The Balaban J connectivity index is 1.73. The molecule has 0 aliphatic carbocycles. The fourth-order valence-electron chi connectivity index (χ4n) is 2.14. The highest BCUT2D eigenvalue weighted by Gasteiger charge is 2.12. The maximum atomic E-state index is 5.59. The van der Waals surface area contributed by atoms with Gasteiger partial charge in [-0.1, -0.05) is 5.10 Å². The summed E-state index contributed by atoms with van der Waals surface area (Å²) in [5, 5.41) is 15.5. The second kappa shape index (κ2) is 5.35. The Bertz CT molecular complexity index is 746. The fourth-order valence-corrected chi connectivity index (χ4v) is 2.14. The maximum absolute atomic E-state index is 5.59. The lowest BCUT2D eigenvalue weighted by molar-refractivity contribution is 0.580. The van der Waals surface area contributed by atoms with Crippen LogP contribution in [0.3, 0.4) is 0 Å². The van der Waals surface area contributed by atoms with Crippen LogP contribution in [0.5, 0.6) is 0 Å². The topological polar surface area (TPSA) is 81.7 Å². The molecule has 0 aromatic carbocycles. The summed E-state index contributed by atoms with van der Waals surface area (Å²) in [7, 11) is 1.93. The molecule has 3 heterocycles.